The zero-order valence-corrected chi connectivity index (χ0v) is 16.8. The summed E-state index contributed by atoms with van der Waals surface area (Å²) in [4.78, 5) is 5.81. The fourth-order valence-electron chi connectivity index (χ4n) is 4.60. The predicted octanol–water partition coefficient (Wildman–Crippen LogP) is 3.43. The van der Waals surface area contributed by atoms with Crippen LogP contribution in [0.25, 0.3) is 10.9 Å². The summed E-state index contributed by atoms with van der Waals surface area (Å²) in [5.74, 6) is 0. The molecule has 0 amide bonds. The van der Waals surface area contributed by atoms with Crippen molar-refractivity contribution in [1.82, 2.24) is 14.6 Å². The normalized spacial score (nSPS) is 21.0. The summed E-state index contributed by atoms with van der Waals surface area (Å²) in [7, 11) is -3.15. The zero-order valence-electron chi connectivity index (χ0n) is 16.0. The molecule has 0 radical (unpaired) electrons. The molecule has 2 heterocycles. The monoisotopic (exact) mass is 389 g/mol. The van der Waals surface area contributed by atoms with Gasteiger partial charge in [-0.1, -0.05) is 37.5 Å². The molecule has 2 N–H and O–H groups in total. The highest BCUT2D eigenvalue weighted by atomic mass is 32.2. The first-order valence-corrected chi connectivity index (χ1v) is 11.9. The van der Waals surface area contributed by atoms with Crippen LogP contribution in [0.5, 0.6) is 0 Å². The van der Waals surface area contributed by atoms with Gasteiger partial charge in [-0.2, -0.15) is 0 Å². The first-order valence-electron chi connectivity index (χ1n) is 10.4. The van der Waals surface area contributed by atoms with E-state index in [1.807, 2.05) is 0 Å². The van der Waals surface area contributed by atoms with Gasteiger partial charge in [0.25, 0.3) is 0 Å². The smallest absolute Gasteiger partial charge is 0.214 e. The van der Waals surface area contributed by atoms with Crippen LogP contribution in [0.15, 0.2) is 30.5 Å². The van der Waals surface area contributed by atoms with Crippen molar-refractivity contribution in [2.45, 2.75) is 62.7 Å². The standard InChI is InChI=1S/C21H31N3O2S/c25-27(26,19-6-2-1-3-7-19)23-18-11-14-24(15-12-18)13-10-17-16-22-21-9-5-4-8-20(17)21/h4-5,8-9,16,18-19,22-23H,1-3,6-7,10-15H2. The highest BCUT2D eigenvalue weighted by molar-refractivity contribution is 7.90. The third-order valence-corrected chi connectivity index (χ3v) is 8.29. The van der Waals surface area contributed by atoms with E-state index in [9.17, 15) is 8.42 Å². The van der Waals surface area contributed by atoms with E-state index in [4.69, 9.17) is 0 Å². The van der Waals surface area contributed by atoms with Crippen LogP contribution >= 0.6 is 0 Å². The summed E-state index contributed by atoms with van der Waals surface area (Å²) in [5.41, 5.74) is 2.56. The number of piperidine rings is 1. The molecule has 0 bridgehead atoms. The number of para-hydroxylation sites is 1. The van der Waals surface area contributed by atoms with Crippen molar-refractivity contribution < 1.29 is 8.42 Å². The van der Waals surface area contributed by atoms with E-state index in [1.165, 1.54) is 22.9 Å². The summed E-state index contributed by atoms with van der Waals surface area (Å²) >= 11 is 0. The van der Waals surface area contributed by atoms with Crippen LogP contribution in [0.4, 0.5) is 0 Å². The molecular formula is C21H31N3O2S. The van der Waals surface area contributed by atoms with Crippen molar-refractivity contribution in [3.05, 3.63) is 36.0 Å². The third kappa shape index (κ3) is 4.55. The molecule has 1 aromatic carbocycles. The molecule has 27 heavy (non-hydrogen) atoms. The molecule has 1 aliphatic carbocycles. The molecule has 1 aliphatic heterocycles. The van der Waals surface area contributed by atoms with Gasteiger partial charge in [-0.05, 0) is 56.8 Å². The largest absolute Gasteiger partial charge is 0.361 e. The van der Waals surface area contributed by atoms with Crippen LogP contribution in [-0.4, -0.2) is 49.2 Å². The van der Waals surface area contributed by atoms with Crippen molar-refractivity contribution in [1.29, 1.82) is 0 Å². The quantitative estimate of drug-likeness (QED) is 0.795. The lowest BCUT2D eigenvalue weighted by Gasteiger charge is -2.33. The number of H-pyrrole nitrogens is 1. The average molecular weight is 390 g/mol. The van der Waals surface area contributed by atoms with E-state index in [0.29, 0.717) is 0 Å². The lowest BCUT2D eigenvalue weighted by atomic mass is 10.0. The highest BCUT2D eigenvalue weighted by Gasteiger charge is 2.30. The first-order chi connectivity index (χ1) is 13.1. The second-order valence-electron chi connectivity index (χ2n) is 8.15. The number of fused-ring (bicyclic) bond motifs is 1. The van der Waals surface area contributed by atoms with Crippen molar-refractivity contribution >= 4 is 20.9 Å². The topological polar surface area (TPSA) is 65.2 Å². The van der Waals surface area contributed by atoms with E-state index < -0.39 is 10.0 Å². The summed E-state index contributed by atoms with van der Waals surface area (Å²) in [6.07, 6.45) is 9.94. The Morgan fingerprint density at radius 2 is 1.78 bits per heavy atom. The number of hydrogen-bond acceptors (Lipinski definition) is 3. The number of nitrogens with zero attached hydrogens (tertiary/aromatic N) is 1. The Morgan fingerprint density at radius 1 is 1.04 bits per heavy atom. The maximum Gasteiger partial charge on any atom is 0.214 e. The minimum atomic E-state index is -3.15. The minimum Gasteiger partial charge on any atom is -0.361 e. The Bertz CT molecular complexity index is 847. The molecular weight excluding hydrogens is 358 g/mol. The maximum atomic E-state index is 12.6. The fraction of sp³-hybridized carbons (Fsp3) is 0.619. The molecule has 4 rings (SSSR count). The molecule has 0 spiro atoms. The molecule has 2 aromatic rings. The number of aromatic nitrogens is 1. The Hall–Kier alpha value is -1.37. The van der Waals surface area contributed by atoms with Crippen molar-refractivity contribution in [3.8, 4) is 0 Å². The molecule has 5 nitrogen and oxygen atoms in total. The molecule has 6 heteroatoms. The lowest BCUT2D eigenvalue weighted by Crippen LogP contribution is -2.47. The van der Waals surface area contributed by atoms with Gasteiger partial charge in [-0.15, -0.1) is 0 Å². The Labute approximate surface area is 162 Å². The van der Waals surface area contributed by atoms with E-state index in [0.717, 1.165) is 64.6 Å². The predicted molar refractivity (Wildman–Crippen MR) is 110 cm³/mol. The van der Waals surface area contributed by atoms with Gasteiger partial charge in [-0.3, -0.25) is 0 Å². The molecule has 0 unspecified atom stereocenters. The number of rotatable bonds is 6. The summed E-state index contributed by atoms with van der Waals surface area (Å²) in [6.45, 7) is 2.98. The van der Waals surface area contributed by atoms with Crippen molar-refractivity contribution in [2.75, 3.05) is 19.6 Å². The van der Waals surface area contributed by atoms with Gasteiger partial charge in [-0.25, -0.2) is 13.1 Å². The number of nitrogens with one attached hydrogen (secondary N) is 2. The van der Waals surface area contributed by atoms with Crippen LogP contribution in [-0.2, 0) is 16.4 Å². The molecule has 1 aromatic heterocycles. The molecule has 0 atom stereocenters. The number of aromatic amines is 1. The highest BCUT2D eigenvalue weighted by Crippen LogP contribution is 2.24. The van der Waals surface area contributed by atoms with Gasteiger partial charge in [0.15, 0.2) is 0 Å². The second kappa shape index (κ2) is 8.33. The number of likely N-dealkylation sites (tertiary alicyclic amines) is 1. The summed E-state index contributed by atoms with van der Waals surface area (Å²) < 4.78 is 28.2. The molecule has 2 fully saturated rings. The van der Waals surface area contributed by atoms with Gasteiger partial charge in [0.2, 0.25) is 10.0 Å². The van der Waals surface area contributed by atoms with Crippen LogP contribution in [0.2, 0.25) is 0 Å². The maximum absolute atomic E-state index is 12.6. The van der Waals surface area contributed by atoms with Gasteiger partial charge in [0.05, 0.1) is 5.25 Å². The third-order valence-electron chi connectivity index (χ3n) is 6.28. The van der Waals surface area contributed by atoms with Crippen molar-refractivity contribution in [2.24, 2.45) is 0 Å². The SMILES string of the molecule is O=S(=O)(NC1CCN(CCc2c[nH]c3ccccc23)CC1)C1CCCCC1. The fourth-order valence-corrected chi connectivity index (χ4v) is 6.44. The molecule has 1 saturated heterocycles. The van der Waals surface area contributed by atoms with Crippen molar-refractivity contribution in [3.63, 3.8) is 0 Å². The Kier molecular flexibility index (Phi) is 5.85. The first kappa shape index (κ1) is 19.0. The molecule has 148 valence electrons. The number of benzene rings is 1. The summed E-state index contributed by atoms with van der Waals surface area (Å²) in [5, 5.41) is 1.15. The molecule has 2 aliphatic rings. The minimum absolute atomic E-state index is 0.112. The van der Waals surface area contributed by atoms with E-state index in [2.05, 4.69) is 45.1 Å². The van der Waals surface area contributed by atoms with Crippen LogP contribution < -0.4 is 4.72 Å². The zero-order chi connectivity index (χ0) is 18.7. The van der Waals surface area contributed by atoms with Gasteiger partial charge >= 0.3 is 0 Å². The van der Waals surface area contributed by atoms with Gasteiger partial charge < -0.3 is 9.88 Å². The summed E-state index contributed by atoms with van der Waals surface area (Å²) in [6, 6.07) is 8.54. The molecule has 1 saturated carbocycles. The van der Waals surface area contributed by atoms with E-state index >= 15 is 0 Å². The van der Waals surface area contributed by atoms with E-state index in [1.54, 1.807) is 0 Å². The van der Waals surface area contributed by atoms with Gasteiger partial charge in [0.1, 0.15) is 0 Å². The van der Waals surface area contributed by atoms with Crippen LogP contribution in [0.1, 0.15) is 50.5 Å². The number of hydrogen-bond donors (Lipinski definition) is 2. The van der Waals surface area contributed by atoms with Crippen LogP contribution in [0.3, 0.4) is 0 Å². The Morgan fingerprint density at radius 3 is 2.56 bits per heavy atom. The number of sulfonamides is 1. The second-order valence-corrected chi connectivity index (χ2v) is 10.1. The Balaban J connectivity index is 1.25. The van der Waals surface area contributed by atoms with E-state index in [-0.39, 0.29) is 11.3 Å². The van der Waals surface area contributed by atoms with Crippen LogP contribution in [0, 0.1) is 0 Å². The van der Waals surface area contributed by atoms with Gasteiger partial charge in [0, 0.05) is 29.7 Å². The average Bonchev–Trinajstić information content (AvgIpc) is 3.11. The lowest BCUT2D eigenvalue weighted by molar-refractivity contribution is 0.209.